The molecule has 0 saturated carbocycles. The summed E-state index contributed by atoms with van der Waals surface area (Å²) in [6.45, 7) is 3.78. The van der Waals surface area contributed by atoms with E-state index in [0.29, 0.717) is 11.4 Å². The Kier molecular flexibility index (Phi) is 3.63. The van der Waals surface area contributed by atoms with E-state index >= 15 is 0 Å². The molecule has 2 heterocycles. The van der Waals surface area contributed by atoms with Crippen LogP contribution >= 0.6 is 0 Å². The van der Waals surface area contributed by atoms with Gasteiger partial charge in [0.15, 0.2) is 5.57 Å². The number of rotatable bonds is 2. The normalized spacial score (nSPS) is 19.1. The van der Waals surface area contributed by atoms with E-state index in [0.717, 1.165) is 24.9 Å². The maximum absolute atomic E-state index is 11.9. The monoisotopic (exact) mass is 318 g/mol. The van der Waals surface area contributed by atoms with Crippen LogP contribution in [0.3, 0.4) is 0 Å². The van der Waals surface area contributed by atoms with Crippen molar-refractivity contribution in [2.24, 2.45) is 0 Å². The summed E-state index contributed by atoms with van der Waals surface area (Å²) >= 11 is 0. The minimum absolute atomic E-state index is 0.177. The number of carbonyl (C=O) groups is 2. The molecule has 1 fully saturated rings. The van der Waals surface area contributed by atoms with Gasteiger partial charge in [-0.2, -0.15) is 0 Å². The second-order valence-electron chi connectivity index (χ2n) is 5.90. The lowest BCUT2D eigenvalue weighted by Gasteiger charge is -2.29. The molecule has 0 radical (unpaired) electrons. The van der Waals surface area contributed by atoms with Crippen molar-refractivity contribution < 1.29 is 24.2 Å². The molecule has 2 aliphatic rings. The van der Waals surface area contributed by atoms with Crippen molar-refractivity contribution >= 4 is 23.3 Å². The second kappa shape index (κ2) is 5.49. The standard InChI is InChI=1S/C16H18N2O5/c1-16(2)22-14(20)10(15(21)23-16)8-18-11-5-6-12(19)13-9(11)4-3-7-17-13/h5-6,8,17-19H,3-4,7H2,1-2H3. The minimum Gasteiger partial charge on any atom is -0.506 e. The van der Waals surface area contributed by atoms with Crippen molar-refractivity contribution in [2.75, 3.05) is 17.2 Å². The van der Waals surface area contributed by atoms with E-state index in [2.05, 4.69) is 10.6 Å². The molecule has 0 amide bonds. The fourth-order valence-corrected chi connectivity index (χ4v) is 2.63. The van der Waals surface area contributed by atoms with Crippen LogP contribution in [0, 0.1) is 0 Å². The van der Waals surface area contributed by atoms with Gasteiger partial charge in [0.2, 0.25) is 0 Å². The Morgan fingerprint density at radius 1 is 1.26 bits per heavy atom. The molecular weight excluding hydrogens is 300 g/mol. The highest BCUT2D eigenvalue weighted by Crippen LogP contribution is 2.36. The molecule has 7 nitrogen and oxygen atoms in total. The summed E-state index contributed by atoms with van der Waals surface area (Å²) in [5.41, 5.74) is 2.10. The van der Waals surface area contributed by atoms with Crippen LogP contribution in [0.5, 0.6) is 5.75 Å². The van der Waals surface area contributed by atoms with Crippen molar-refractivity contribution in [3.8, 4) is 5.75 Å². The SMILES string of the molecule is CC1(C)OC(=O)C(=CNc2ccc(O)c3c2CCCN3)C(=O)O1. The van der Waals surface area contributed by atoms with Crippen LogP contribution in [0.2, 0.25) is 0 Å². The third kappa shape index (κ3) is 2.94. The van der Waals surface area contributed by atoms with Crippen LogP contribution < -0.4 is 10.6 Å². The molecular formula is C16H18N2O5. The third-order valence-corrected chi connectivity index (χ3v) is 3.69. The molecule has 0 spiro atoms. The average molecular weight is 318 g/mol. The van der Waals surface area contributed by atoms with Gasteiger partial charge >= 0.3 is 11.9 Å². The van der Waals surface area contributed by atoms with Crippen molar-refractivity contribution in [2.45, 2.75) is 32.5 Å². The maximum Gasteiger partial charge on any atom is 0.350 e. The van der Waals surface area contributed by atoms with Crippen molar-refractivity contribution in [1.82, 2.24) is 0 Å². The molecule has 0 aliphatic carbocycles. The van der Waals surface area contributed by atoms with Gasteiger partial charge in [-0.15, -0.1) is 0 Å². The first-order chi connectivity index (χ1) is 10.9. The highest BCUT2D eigenvalue weighted by molar-refractivity contribution is 6.15. The van der Waals surface area contributed by atoms with E-state index < -0.39 is 17.7 Å². The minimum atomic E-state index is -1.26. The smallest absolute Gasteiger partial charge is 0.350 e. The number of ether oxygens (including phenoxy) is 2. The largest absolute Gasteiger partial charge is 0.506 e. The first-order valence-electron chi connectivity index (χ1n) is 7.39. The summed E-state index contributed by atoms with van der Waals surface area (Å²) in [5, 5.41) is 16.0. The Morgan fingerprint density at radius 3 is 2.65 bits per heavy atom. The zero-order chi connectivity index (χ0) is 16.6. The molecule has 1 saturated heterocycles. The highest BCUT2D eigenvalue weighted by atomic mass is 16.7. The van der Waals surface area contributed by atoms with Crippen LogP contribution in [0.4, 0.5) is 11.4 Å². The van der Waals surface area contributed by atoms with E-state index in [1.165, 1.54) is 20.0 Å². The average Bonchev–Trinajstić information content (AvgIpc) is 2.47. The summed E-state index contributed by atoms with van der Waals surface area (Å²) in [4.78, 5) is 23.8. The zero-order valence-corrected chi connectivity index (χ0v) is 12.9. The van der Waals surface area contributed by atoms with E-state index in [1.54, 1.807) is 12.1 Å². The summed E-state index contributed by atoms with van der Waals surface area (Å²) in [5.74, 6) is -2.54. The van der Waals surface area contributed by atoms with Crippen LogP contribution in [-0.2, 0) is 25.5 Å². The number of carbonyl (C=O) groups excluding carboxylic acids is 2. The van der Waals surface area contributed by atoms with E-state index in [1.807, 2.05) is 0 Å². The molecule has 3 rings (SSSR count). The van der Waals surface area contributed by atoms with Crippen LogP contribution in [0.25, 0.3) is 0 Å². The predicted molar refractivity (Wildman–Crippen MR) is 82.9 cm³/mol. The molecule has 1 aromatic carbocycles. The van der Waals surface area contributed by atoms with Crippen LogP contribution in [-0.4, -0.2) is 29.4 Å². The maximum atomic E-state index is 11.9. The van der Waals surface area contributed by atoms with E-state index in [-0.39, 0.29) is 11.3 Å². The van der Waals surface area contributed by atoms with E-state index in [9.17, 15) is 14.7 Å². The number of hydrogen-bond donors (Lipinski definition) is 3. The summed E-state index contributed by atoms with van der Waals surface area (Å²) < 4.78 is 10.1. The molecule has 3 N–H and O–H groups in total. The molecule has 0 atom stereocenters. The zero-order valence-electron chi connectivity index (χ0n) is 12.9. The number of hydrogen-bond acceptors (Lipinski definition) is 7. The number of anilines is 2. The number of benzene rings is 1. The Balaban J connectivity index is 1.86. The fourth-order valence-electron chi connectivity index (χ4n) is 2.63. The number of cyclic esters (lactones) is 2. The van der Waals surface area contributed by atoms with Gasteiger partial charge < -0.3 is 25.2 Å². The van der Waals surface area contributed by atoms with E-state index in [4.69, 9.17) is 9.47 Å². The molecule has 0 aromatic heterocycles. The van der Waals surface area contributed by atoms with Crippen molar-refractivity contribution in [3.63, 3.8) is 0 Å². The number of phenols is 1. The van der Waals surface area contributed by atoms with Gasteiger partial charge in [-0.1, -0.05) is 0 Å². The Bertz CT molecular complexity index is 687. The number of fused-ring (bicyclic) bond motifs is 1. The predicted octanol–water partition coefficient (Wildman–Crippen LogP) is 1.88. The van der Waals surface area contributed by atoms with Gasteiger partial charge in [0.25, 0.3) is 5.79 Å². The lowest BCUT2D eigenvalue weighted by atomic mass is 10.0. The quantitative estimate of drug-likeness (QED) is 0.252. The lowest BCUT2D eigenvalue weighted by molar-refractivity contribution is -0.222. The number of phenolic OH excluding ortho intramolecular Hbond substituents is 1. The topological polar surface area (TPSA) is 96.9 Å². The fraction of sp³-hybridized carbons (Fsp3) is 0.375. The summed E-state index contributed by atoms with van der Waals surface area (Å²) in [6.07, 6.45) is 2.99. The van der Waals surface area contributed by atoms with Gasteiger partial charge in [0, 0.05) is 37.8 Å². The van der Waals surface area contributed by atoms with Crippen LogP contribution in [0.1, 0.15) is 25.8 Å². The third-order valence-electron chi connectivity index (χ3n) is 3.69. The molecule has 122 valence electrons. The van der Waals surface area contributed by atoms with Gasteiger partial charge in [-0.05, 0) is 25.0 Å². The first-order valence-corrected chi connectivity index (χ1v) is 7.39. The van der Waals surface area contributed by atoms with Gasteiger partial charge in [0.05, 0.1) is 5.69 Å². The first kappa shape index (κ1) is 15.2. The van der Waals surface area contributed by atoms with Gasteiger partial charge in [-0.3, -0.25) is 0 Å². The second-order valence-corrected chi connectivity index (χ2v) is 5.90. The van der Waals surface area contributed by atoms with Gasteiger partial charge in [-0.25, -0.2) is 9.59 Å². The Labute approximate surface area is 133 Å². The van der Waals surface area contributed by atoms with Crippen molar-refractivity contribution in [1.29, 1.82) is 0 Å². The number of esters is 2. The summed E-state index contributed by atoms with van der Waals surface area (Å²) in [7, 11) is 0. The highest BCUT2D eigenvalue weighted by Gasteiger charge is 2.39. The Morgan fingerprint density at radius 2 is 1.96 bits per heavy atom. The molecule has 2 aliphatic heterocycles. The molecule has 0 bridgehead atoms. The van der Waals surface area contributed by atoms with Crippen molar-refractivity contribution in [3.05, 3.63) is 29.5 Å². The number of aromatic hydroxyl groups is 1. The Hall–Kier alpha value is -2.70. The van der Waals surface area contributed by atoms with Gasteiger partial charge in [0.1, 0.15) is 5.75 Å². The molecule has 23 heavy (non-hydrogen) atoms. The number of nitrogens with one attached hydrogen (secondary N) is 2. The molecule has 7 heteroatoms. The lowest BCUT2D eigenvalue weighted by Crippen LogP contribution is -2.42. The summed E-state index contributed by atoms with van der Waals surface area (Å²) in [6, 6.07) is 3.25. The molecule has 0 unspecified atom stereocenters. The van der Waals surface area contributed by atoms with Crippen LogP contribution in [0.15, 0.2) is 23.9 Å². The molecule has 1 aromatic rings.